The summed E-state index contributed by atoms with van der Waals surface area (Å²) >= 11 is 0. The number of hydrogen-bond acceptors (Lipinski definition) is 3. The minimum atomic E-state index is 0.0451. The molecule has 0 amide bonds. The van der Waals surface area contributed by atoms with Crippen LogP contribution in [0, 0.1) is 0 Å². The number of hydrogen-bond donors (Lipinski definition) is 1. The molecule has 0 saturated carbocycles. The number of benzene rings is 1. The molecular weight excluding hydrogens is 250 g/mol. The second kappa shape index (κ2) is 8.15. The minimum absolute atomic E-state index is 0.0451. The third-order valence-electron chi connectivity index (χ3n) is 3.35. The molecule has 0 saturated heterocycles. The Bertz CT molecular complexity index is 396. The van der Waals surface area contributed by atoms with Crippen molar-refractivity contribution < 1.29 is 9.47 Å². The maximum Gasteiger partial charge on any atom is 0.123 e. The summed E-state index contributed by atoms with van der Waals surface area (Å²) < 4.78 is 11.3. The third kappa shape index (κ3) is 5.41. The van der Waals surface area contributed by atoms with E-state index in [1.165, 1.54) is 18.4 Å². The molecule has 0 unspecified atom stereocenters. The summed E-state index contributed by atoms with van der Waals surface area (Å²) in [6.07, 6.45) is 4.55. The van der Waals surface area contributed by atoms with Gasteiger partial charge in [-0.2, -0.15) is 0 Å². The van der Waals surface area contributed by atoms with Gasteiger partial charge in [-0.05, 0) is 43.0 Å². The van der Waals surface area contributed by atoms with E-state index in [0.717, 1.165) is 37.5 Å². The molecule has 2 N–H and O–H groups in total. The zero-order valence-corrected chi connectivity index (χ0v) is 13.4. The number of nitrogens with two attached hydrogens (primary N) is 1. The van der Waals surface area contributed by atoms with Crippen molar-refractivity contribution in [3.63, 3.8) is 0 Å². The average Bonchev–Trinajstić information content (AvgIpc) is 2.41. The first-order chi connectivity index (χ1) is 9.49. The molecule has 0 aliphatic rings. The van der Waals surface area contributed by atoms with E-state index in [4.69, 9.17) is 15.2 Å². The summed E-state index contributed by atoms with van der Waals surface area (Å²) in [4.78, 5) is 0. The predicted octanol–water partition coefficient (Wildman–Crippen LogP) is 3.89. The zero-order chi connectivity index (χ0) is 15.0. The van der Waals surface area contributed by atoms with Crippen LogP contribution in [0.15, 0.2) is 18.2 Å². The molecule has 20 heavy (non-hydrogen) atoms. The Hall–Kier alpha value is -1.22. The van der Waals surface area contributed by atoms with Crippen molar-refractivity contribution in [3.8, 4) is 11.5 Å². The van der Waals surface area contributed by atoms with Gasteiger partial charge in [-0.1, -0.05) is 33.6 Å². The summed E-state index contributed by atoms with van der Waals surface area (Å²) in [6.45, 7) is 8.12. The van der Waals surface area contributed by atoms with Gasteiger partial charge in [0.1, 0.15) is 11.5 Å². The van der Waals surface area contributed by atoms with Crippen molar-refractivity contribution >= 4 is 0 Å². The first-order valence-corrected chi connectivity index (χ1v) is 7.50. The highest BCUT2D eigenvalue weighted by atomic mass is 16.5. The van der Waals surface area contributed by atoms with Gasteiger partial charge in [0.05, 0.1) is 13.7 Å². The van der Waals surface area contributed by atoms with Crippen LogP contribution in [0.25, 0.3) is 0 Å². The van der Waals surface area contributed by atoms with Crippen LogP contribution < -0.4 is 15.2 Å². The maximum atomic E-state index is 5.96. The van der Waals surface area contributed by atoms with Crippen molar-refractivity contribution in [1.82, 2.24) is 0 Å². The normalized spacial score (nSPS) is 11.4. The largest absolute Gasteiger partial charge is 0.497 e. The minimum Gasteiger partial charge on any atom is -0.497 e. The van der Waals surface area contributed by atoms with Crippen LogP contribution in [0.4, 0.5) is 0 Å². The SMILES string of the molecule is COc1ccc(OCCCCCCN)c(C(C)(C)C)c1. The Kier molecular flexibility index (Phi) is 6.86. The highest BCUT2D eigenvalue weighted by Crippen LogP contribution is 2.34. The fraction of sp³-hybridized carbons (Fsp3) is 0.647. The van der Waals surface area contributed by atoms with Crippen molar-refractivity contribution in [2.24, 2.45) is 5.73 Å². The van der Waals surface area contributed by atoms with Gasteiger partial charge in [-0.3, -0.25) is 0 Å². The van der Waals surface area contributed by atoms with Crippen LogP contribution >= 0.6 is 0 Å². The van der Waals surface area contributed by atoms with E-state index in [-0.39, 0.29) is 5.41 Å². The Morgan fingerprint density at radius 3 is 2.35 bits per heavy atom. The average molecular weight is 279 g/mol. The first kappa shape index (κ1) is 16.8. The number of ether oxygens (including phenoxy) is 2. The second-order valence-corrected chi connectivity index (χ2v) is 6.16. The van der Waals surface area contributed by atoms with Crippen LogP contribution in [-0.4, -0.2) is 20.3 Å². The van der Waals surface area contributed by atoms with Crippen LogP contribution in [0.1, 0.15) is 52.0 Å². The third-order valence-corrected chi connectivity index (χ3v) is 3.35. The molecule has 0 fully saturated rings. The standard InChI is InChI=1S/C17H29NO2/c1-17(2,3)15-13-14(19-4)9-10-16(15)20-12-8-6-5-7-11-18/h9-10,13H,5-8,11-12,18H2,1-4H3. The summed E-state index contributed by atoms with van der Waals surface area (Å²) in [5.74, 6) is 1.85. The molecule has 0 spiro atoms. The van der Waals surface area contributed by atoms with Crippen LogP contribution in [0.5, 0.6) is 11.5 Å². The quantitative estimate of drug-likeness (QED) is 0.734. The molecule has 0 heterocycles. The van der Waals surface area contributed by atoms with Gasteiger partial charge in [-0.25, -0.2) is 0 Å². The maximum absolute atomic E-state index is 5.96. The molecule has 3 heteroatoms. The van der Waals surface area contributed by atoms with E-state index < -0.39 is 0 Å². The van der Waals surface area contributed by atoms with E-state index in [9.17, 15) is 0 Å². The molecule has 1 aromatic carbocycles. The van der Waals surface area contributed by atoms with Crippen LogP contribution in [-0.2, 0) is 5.41 Å². The Morgan fingerprint density at radius 1 is 1.05 bits per heavy atom. The molecule has 1 rings (SSSR count). The number of unbranched alkanes of at least 4 members (excludes halogenated alkanes) is 3. The van der Waals surface area contributed by atoms with Crippen LogP contribution in [0.2, 0.25) is 0 Å². The van der Waals surface area contributed by atoms with Crippen molar-refractivity contribution in [3.05, 3.63) is 23.8 Å². The highest BCUT2D eigenvalue weighted by Gasteiger charge is 2.19. The van der Waals surface area contributed by atoms with E-state index in [1.807, 2.05) is 12.1 Å². The molecule has 0 aromatic heterocycles. The van der Waals surface area contributed by atoms with Gasteiger partial charge in [0, 0.05) is 5.56 Å². The van der Waals surface area contributed by atoms with Crippen molar-refractivity contribution in [1.29, 1.82) is 0 Å². The van der Waals surface area contributed by atoms with Gasteiger partial charge >= 0.3 is 0 Å². The van der Waals surface area contributed by atoms with E-state index in [0.29, 0.717) is 0 Å². The molecule has 0 atom stereocenters. The highest BCUT2D eigenvalue weighted by molar-refractivity contribution is 5.44. The Morgan fingerprint density at radius 2 is 1.75 bits per heavy atom. The molecule has 0 aliphatic carbocycles. The molecule has 0 aliphatic heterocycles. The smallest absolute Gasteiger partial charge is 0.123 e. The van der Waals surface area contributed by atoms with Gasteiger partial charge in [0.25, 0.3) is 0 Å². The molecule has 0 bridgehead atoms. The molecule has 3 nitrogen and oxygen atoms in total. The van der Waals surface area contributed by atoms with Crippen molar-refractivity contribution in [2.45, 2.75) is 51.9 Å². The lowest BCUT2D eigenvalue weighted by atomic mass is 9.86. The predicted molar refractivity (Wildman–Crippen MR) is 84.7 cm³/mol. The fourth-order valence-corrected chi connectivity index (χ4v) is 2.13. The topological polar surface area (TPSA) is 44.5 Å². The lowest BCUT2D eigenvalue weighted by Gasteiger charge is -2.23. The number of methoxy groups -OCH3 is 1. The van der Waals surface area contributed by atoms with E-state index in [2.05, 4.69) is 26.8 Å². The fourth-order valence-electron chi connectivity index (χ4n) is 2.13. The summed E-state index contributed by atoms with van der Waals surface area (Å²) in [5.41, 5.74) is 6.72. The summed E-state index contributed by atoms with van der Waals surface area (Å²) in [6, 6.07) is 6.04. The van der Waals surface area contributed by atoms with Gasteiger partial charge < -0.3 is 15.2 Å². The molecule has 114 valence electrons. The molecular formula is C17H29NO2. The summed E-state index contributed by atoms with van der Waals surface area (Å²) in [5, 5.41) is 0. The monoisotopic (exact) mass is 279 g/mol. The lowest BCUT2D eigenvalue weighted by Crippen LogP contribution is -2.14. The van der Waals surface area contributed by atoms with Crippen molar-refractivity contribution in [2.75, 3.05) is 20.3 Å². The zero-order valence-electron chi connectivity index (χ0n) is 13.4. The van der Waals surface area contributed by atoms with Gasteiger partial charge in [0.2, 0.25) is 0 Å². The Labute approximate surface area is 123 Å². The molecule has 1 aromatic rings. The second-order valence-electron chi connectivity index (χ2n) is 6.16. The number of rotatable bonds is 8. The van der Waals surface area contributed by atoms with Gasteiger partial charge in [-0.15, -0.1) is 0 Å². The lowest BCUT2D eigenvalue weighted by molar-refractivity contribution is 0.296. The first-order valence-electron chi connectivity index (χ1n) is 7.50. The Balaban J connectivity index is 2.60. The van der Waals surface area contributed by atoms with Gasteiger partial charge in [0.15, 0.2) is 0 Å². The summed E-state index contributed by atoms with van der Waals surface area (Å²) in [7, 11) is 1.69. The molecule has 0 radical (unpaired) electrons. The van der Waals surface area contributed by atoms with E-state index >= 15 is 0 Å². The van der Waals surface area contributed by atoms with Crippen LogP contribution in [0.3, 0.4) is 0 Å². The van der Waals surface area contributed by atoms with E-state index in [1.54, 1.807) is 7.11 Å².